The van der Waals surface area contributed by atoms with Gasteiger partial charge in [0.15, 0.2) is 0 Å². The first kappa shape index (κ1) is 26.5. The summed E-state index contributed by atoms with van der Waals surface area (Å²) < 4.78 is 24.4. The van der Waals surface area contributed by atoms with Crippen molar-refractivity contribution in [3.63, 3.8) is 0 Å². The molecule has 0 saturated carbocycles. The maximum atomic E-state index is 14.9. The van der Waals surface area contributed by atoms with Crippen LogP contribution in [0.15, 0.2) is 61.1 Å². The Balaban J connectivity index is 1.39. The first-order valence-corrected chi connectivity index (χ1v) is 13.7. The first-order chi connectivity index (χ1) is 19.6. The predicted octanol–water partition coefficient (Wildman–Crippen LogP) is 7.20. The van der Waals surface area contributed by atoms with E-state index in [1.54, 1.807) is 11.0 Å². The van der Waals surface area contributed by atoms with E-state index in [9.17, 15) is 9.18 Å². The molecule has 0 bridgehead atoms. The van der Waals surface area contributed by atoms with Gasteiger partial charge >= 0.3 is 6.09 Å². The van der Waals surface area contributed by atoms with Crippen molar-refractivity contribution in [1.29, 1.82) is 0 Å². The van der Waals surface area contributed by atoms with E-state index < -0.39 is 11.4 Å². The molecule has 208 valence electrons. The zero-order valence-corrected chi connectivity index (χ0v) is 23.6. The number of likely N-dealkylation sites (tertiary alicyclic amines) is 1. The number of pyridine rings is 1. The molecule has 6 rings (SSSR count). The average molecular weight is 551 g/mol. The molecule has 0 N–H and O–H groups in total. The Labute approximate surface area is 237 Å². The van der Waals surface area contributed by atoms with Crippen LogP contribution in [0, 0.1) is 18.3 Å². The molecule has 0 radical (unpaired) electrons. The molecular weight excluding hydrogens is 519 g/mol. The van der Waals surface area contributed by atoms with Crippen LogP contribution in [0.5, 0.6) is 0 Å². The number of nitrogens with zero attached hydrogens (tertiary/aromatic N) is 6. The third kappa shape index (κ3) is 5.02. The fourth-order valence-electron chi connectivity index (χ4n) is 5.64. The highest BCUT2D eigenvalue weighted by Crippen LogP contribution is 2.39. The Bertz CT molecular complexity index is 1840. The molecule has 1 atom stereocenters. The molecule has 1 aliphatic rings. The molecule has 1 aliphatic heterocycles. The second-order valence-electron chi connectivity index (χ2n) is 11.6. The molecule has 4 heterocycles. The van der Waals surface area contributed by atoms with Crippen LogP contribution in [-0.4, -0.2) is 49.0 Å². The summed E-state index contributed by atoms with van der Waals surface area (Å²) in [5, 5.41) is 6.29. The van der Waals surface area contributed by atoms with Crippen molar-refractivity contribution in [2.75, 3.05) is 13.1 Å². The van der Waals surface area contributed by atoms with Gasteiger partial charge in [-0.3, -0.25) is 9.67 Å². The Hall–Kier alpha value is -4.71. The molecule has 8 nitrogen and oxygen atoms in total. The summed E-state index contributed by atoms with van der Waals surface area (Å²) in [6, 6.07) is 12.8. The van der Waals surface area contributed by atoms with Crippen molar-refractivity contribution in [3.05, 3.63) is 78.3 Å². The summed E-state index contributed by atoms with van der Waals surface area (Å²) in [5.41, 5.74) is 4.48. The molecule has 9 heteroatoms. The van der Waals surface area contributed by atoms with Crippen LogP contribution in [0.2, 0.25) is 0 Å². The minimum atomic E-state index is -0.559. The summed E-state index contributed by atoms with van der Waals surface area (Å²) in [6.07, 6.45) is 6.32. The van der Waals surface area contributed by atoms with Gasteiger partial charge in [-0.15, -0.1) is 0 Å². The van der Waals surface area contributed by atoms with Gasteiger partial charge in [0.2, 0.25) is 5.69 Å². The summed E-state index contributed by atoms with van der Waals surface area (Å²) in [7, 11) is 1.90. The van der Waals surface area contributed by atoms with E-state index >= 15 is 0 Å². The second kappa shape index (κ2) is 10.0. The van der Waals surface area contributed by atoms with Crippen molar-refractivity contribution in [3.8, 4) is 22.4 Å². The van der Waals surface area contributed by atoms with Crippen molar-refractivity contribution in [2.45, 2.75) is 39.3 Å². The molecule has 5 aromatic rings. The smallest absolute Gasteiger partial charge is 0.410 e. The lowest BCUT2D eigenvalue weighted by molar-refractivity contribution is 0.0287. The van der Waals surface area contributed by atoms with Gasteiger partial charge in [-0.1, -0.05) is 18.2 Å². The number of carbonyl (C=O) groups is 1. The van der Waals surface area contributed by atoms with Crippen molar-refractivity contribution in [1.82, 2.24) is 24.2 Å². The standard InChI is InChI=1S/C32H31FN6O2/c1-32(2,3)41-31(40)39-12-10-20(19-39)18-38-13-11-24-28(38)17-35-30(22-7-9-27-23(14-22)16-36-37(27)5)29(24)21-6-8-26(34-4)25(33)15-21/h6-9,11,13-17,20H,10,12,18-19H2,1-3,5H3/t20-/m0/s1. The normalized spacial score (nSPS) is 15.5. The number of aryl methyl sites for hydroxylation is 1. The SMILES string of the molecule is [C-]#[N+]c1ccc(-c2c(-c3ccc4c(cnn4C)c3)ncc3c2ccn3C[C@@H]2CCN(C(=O)OC(C)(C)C)C2)cc1F. The molecule has 41 heavy (non-hydrogen) atoms. The molecule has 1 saturated heterocycles. The Morgan fingerprint density at radius 3 is 2.68 bits per heavy atom. The largest absolute Gasteiger partial charge is 0.444 e. The van der Waals surface area contributed by atoms with E-state index in [1.807, 2.05) is 75.4 Å². The Morgan fingerprint density at radius 2 is 1.93 bits per heavy atom. The molecule has 0 unspecified atom stereocenters. The zero-order valence-electron chi connectivity index (χ0n) is 23.6. The summed E-state index contributed by atoms with van der Waals surface area (Å²) in [6.45, 7) is 14.9. The van der Waals surface area contributed by atoms with Crippen LogP contribution < -0.4 is 0 Å². The van der Waals surface area contributed by atoms with Crippen LogP contribution in [0.3, 0.4) is 0 Å². The zero-order chi connectivity index (χ0) is 28.9. The molecule has 1 amide bonds. The number of benzene rings is 2. The highest BCUT2D eigenvalue weighted by molar-refractivity contribution is 6.02. The van der Waals surface area contributed by atoms with Gasteiger partial charge < -0.3 is 14.2 Å². The van der Waals surface area contributed by atoms with Crippen LogP contribution in [0.4, 0.5) is 14.9 Å². The van der Waals surface area contributed by atoms with Crippen LogP contribution >= 0.6 is 0 Å². The lowest BCUT2D eigenvalue weighted by Gasteiger charge is -2.24. The predicted molar refractivity (Wildman–Crippen MR) is 157 cm³/mol. The number of hydrogen-bond donors (Lipinski definition) is 0. The lowest BCUT2D eigenvalue weighted by atomic mass is 9.95. The third-order valence-electron chi connectivity index (χ3n) is 7.60. The quantitative estimate of drug-likeness (QED) is 0.222. The van der Waals surface area contributed by atoms with E-state index in [1.165, 1.54) is 12.1 Å². The molecule has 0 aliphatic carbocycles. The molecule has 3 aromatic heterocycles. The number of amides is 1. The Kier molecular flexibility index (Phi) is 6.49. The maximum absolute atomic E-state index is 14.9. The fourth-order valence-corrected chi connectivity index (χ4v) is 5.64. The van der Waals surface area contributed by atoms with E-state index in [-0.39, 0.29) is 17.7 Å². The van der Waals surface area contributed by atoms with Gasteiger partial charge in [-0.25, -0.2) is 14.0 Å². The van der Waals surface area contributed by atoms with Gasteiger partial charge in [0.05, 0.1) is 35.7 Å². The summed E-state index contributed by atoms with van der Waals surface area (Å²) >= 11 is 0. The van der Waals surface area contributed by atoms with Crippen LogP contribution in [-0.2, 0) is 18.3 Å². The van der Waals surface area contributed by atoms with E-state index in [4.69, 9.17) is 16.3 Å². The number of ether oxygens (including phenoxy) is 1. The number of rotatable bonds is 4. The van der Waals surface area contributed by atoms with Gasteiger partial charge in [0.1, 0.15) is 11.4 Å². The van der Waals surface area contributed by atoms with E-state index in [0.717, 1.165) is 51.6 Å². The van der Waals surface area contributed by atoms with E-state index in [2.05, 4.69) is 14.5 Å². The topological polar surface area (TPSA) is 69.5 Å². The van der Waals surface area contributed by atoms with Crippen LogP contribution in [0.25, 0.3) is 49.0 Å². The van der Waals surface area contributed by atoms with E-state index in [0.29, 0.717) is 18.7 Å². The molecular formula is C32H31FN6O2. The van der Waals surface area contributed by atoms with Crippen LogP contribution in [0.1, 0.15) is 27.2 Å². The fraction of sp³-hybridized carbons (Fsp3) is 0.312. The second-order valence-corrected chi connectivity index (χ2v) is 11.6. The van der Waals surface area contributed by atoms with Gasteiger partial charge in [-0.2, -0.15) is 5.10 Å². The van der Waals surface area contributed by atoms with Gasteiger partial charge in [0.25, 0.3) is 0 Å². The number of hydrogen-bond acceptors (Lipinski definition) is 4. The number of fused-ring (bicyclic) bond motifs is 2. The van der Waals surface area contributed by atoms with Crippen molar-refractivity contribution in [2.24, 2.45) is 13.0 Å². The lowest BCUT2D eigenvalue weighted by Crippen LogP contribution is -2.35. The minimum absolute atomic E-state index is 0.0134. The monoisotopic (exact) mass is 550 g/mol. The average Bonchev–Trinajstić information content (AvgIpc) is 3.66. The summed E-state index contributed by atoms with van der Waals surface area (Å²) in [4.78, 5) is 22.6. The highest BCUT2D eigenvalue weighted by Gasteiger charge is 2.30. The van der Waals surface area contributed by atoms with Gasteiger partial charge in [-0.05, 0) is 62.9 Å². The number of carbonyl (C=O) groups excluding carboxylic acids is 1. The summed E-state index contributed by atoms with van der Waals surface area (Å²) in [5.74, 6) is -0.291. The Morgan fingerprint density at radius 1 is 1.12 bits per heavy atom. The van der Waals surface area contributed by atoms with Crippen molar-refractivity contribution >= 4 is 33.6 Å². The molecule has 1 fully saturated rings. The number of aromatic nitrogens is 4. The van der Waals surface area contributed by atoms with Gasteiger partial charge in [0, 0.05) is 54.8 Å². The van der Waals surface area contributed by atoms with Crippen molar-refractivity contribution < 1.29 is 13.9 Å². The molecule has 2 aromatic carbocycles. The maximum Gasteiger partial charge on any atom is 0.410 e. The third-order valence-corrected chi connectivity index (χ3v) is 7.60. The first-order valence-electron chi connectivity index (χ1n) is 13.7. The number of halogens is 1. The highest BCUT2D eigenvalue weighted by atomic mass is 19.1. The molecule has 0 spiro atoms. The minimum Gasteiger partial charge on any atom is -0.444 e.